The zero-order valence-corrected chi connectivity index (χ0v) is 14.7. The molecule has 0 fully saturated rings. The number of fused-ring (bicyclic) bond motifs is 1. The summed E-state index contributed by atoms with van der Waals surface area (Å²) in [6.45, 7) is 6.06. The van der Waals surface area contributed by atoms with Gasteiger partial charge in [0.1, 0.15) is 5.57 Å². The summed E-state index contributed by atoms with van der Waals surface area (Å²) in [6, 6.07) is 0. The molecule has 2 aliphatic heterocycles. The van der Waals surface area contributed by atoms with Crippen molar-refractivity contribution < 1.29 is 22.7 Å². The van der Waals surface area contributed by atoms with Gasteiger partial charge in [-0.25, -0.2) is 13.2 Å². The van der Waals surface area contributed by atoms with Gasteiger partial charge in [-0.3, -0.25) is 4.79 Å². The van der Waals surface area contributed by atoms with E-state index < -0.39 is 28.0 Å². The van der Waals surface area contributed by atoms with E-state index in [0.717, 1.165) is 0 Å². The summed E-state index contributed by atoms with van der Waals surface area (Å²) in [7, 11) is -3.60. The lowest BCUT2D eigenvalue weighted by molar-refractivity contribution is -0.150. The van der Waals surface area contributed by atoms with Crippen LogP contribution in [0.1, 0.15) is 20.8 Å². The molecule has 2 aliphatic rings. The second-order valence-electron chi connectivity index (χ2n) is 6.00. The Hall–Kier alpha value is -2.16. The Morgan fingerprint density at radius 2 is 2.08 bits per heavy atom. The van der Waals surface area contributed by atoms with Crippen molar-refractivity contribution in [3.8, 4) is 0 Å². The molecule has 2 rings (SSSR count). The summed E-state index contributed by atoms with van der Waals surface area (Å²) >= 11 is 0. The van der Waals surface area contributed by atoms with Gasteiger partial charge in [-0.05, 0) is 25.0 Å². The highest BCUT2D eigenvalue weighted by Crippen LogP contribution is 2.19. The first-order valence-electron chi connectivity index (χ1n) is 7.66. The molecule has 132 valence electrons. The van der Waals surface area contributed by atoms with Gasteiger partial charge in [0.25, 0.3) is 15.9 Å². The van der Waals surface area contributed by atoms with Crippen molar-refractivity contribution in [2.24, 2.45) is 10.3 Å². The molecule has 0 aromatic heterocycles. The lowest BCUT2D eigenvalue weighted by Gasteiger charge is -2.28. The van der Waals surface area contributed by atoms with E-state index in [1.54, 1.807) is 17.2 Å². The standard InChI is InChI=1S/C15H21N3O5S/c1-10(2)9-16-14(19)11(3)23-15(20)12-5-4-6-18-7-8-24(21,22)17-13(12)18/h4-6,10-11H,7-9H2,1-3H3,(H,16,19)/t11-/m1/s1. The van der Waals surface area contributed by atoms with Crippen LogP contribution in [0.15, 0.2) is 28.3 Å². The van der Waals surface area contributed by atoms with Crippen molar-refractivity contribution in [3.63, 3.8) is 0 Å². The summed E-state index contributed by atoms with van der Waals surface area (Å²) in [5, 5.41) is 2.67. The Labute approximate surface area is 141 Å². The Balaban J connectivity index is 2.09. The predicted molar refractivity (Wildman–Crippen MR) is 88.6 cm³/mol. The lowest BCUT2D eigenvalue weighted by atomic mass is 10.1. The number of nitrogens with zero attached hydrogens (tertiary/aromatic N) is 2. The number of carbonyl (C=O) groups is 2. The highest BCUT2D eigenvalue weighted by Gasteiger charge is 2.32. The van der Waals surface area contributed by atoms with E-state index in [-0.39, 0.29) is 29.6 Å². The molecule has 2 heterocycles. The van der Waals surface area contributed by atoms with Crippen molar-refractivity contribution in [1.29, 1.82) is 0 Å². The molecule has 9 heteroatoms. The Morgan fingerprint density at radius 1 is 1.38 bits per heavy atom. The average molecular weight is 355 g/mol. The second-order valence-corrected chi connectivity index (χ2v) is 7.76. The summed E-state index contributed by atoms with van der Waals surface area (Å²) in [5.41, 5.74) is 0.0179. The van der Waals surface area contributed by atoms with Crippen molar-refractivity contribution in [2.45, 2.75) is 26.9 Å². The van der Waals surface area contributed by atoms with Gasteiger partial charge in [0.15, 0.2) is 11.9 Å². The quantitative estimate of drug-likeness (QED) is 0.706. The van der Waals surface area contributed by atoms with E-state index in [4.69, 9.17) is 4.74 Å². The van der Waals surface area contributed by atoms with Gasteiger partial charge < -0.3 is 15.0 Å². The van der Waals surface area contributed by atoms with E-state index in [1.807, 2.05) is 13.8 Å². The fourth-order valence-electron chi connectivity index (χ4n) is 2.10. The molecular weight excluding hydrogens is 334 g/mol. The third-order valence-electron chi connectivity index (χ3n) is 3.42. The first kappa shape index (κ1) is 18.2. The van der Waals surface area contributed by atoms with Gasteiger partial charge in [-0.15, -0.1) is 4.40 Å². The highest BCUT2D eigenvalue weighted by molar-refractivity contribution is 7.90. The van der Waals surface area contributed by atoms with Gasteiger partial charge in [0, 0.05) is 19.3 Å². The van der Waals surface area contributed by atoms with Crippen LogP contribution in [0, 0.1) is 5.92 Å². The molecule has 0 saturated carbocycles. The van der Waals surface area contributed by atoms with Crippen LogP contribution in [-0.2, 0) is 24.3 Å². The first-order valence-corrected chi connectivity index (χ1v) is 9.27. The smallest absolute Gasteiger partial charge is 0.342 e. The number of esters is 1. The Morgan fingerprint density at radius 3 is 2.75 bits per heavy atom. The minimum Gasteiger partial charge on any atom is -0.449 e. The van der Waals surface area contributed by atoms with E-state index >= 15 is 0 Å². The summed E-state index contributed by atoms with van der Waals surface area (Å²) in [5.74, 6) is -0.995. The summed E-state index contributed by atoms with van der Waals surface area (Å²) in [6.07, 6.45) is 3.69. The maximum atomic E-state index is 12.3. The fraction of sp³-hybridized carbons (Fsp3) is 0.533. The van der Waals surface area contributed by atoms with Crippen molar-refractivity contribution >= 4 is 27.7 Å². The van der Waals surface area contributed by atoms with Gasteiger partial charge in [-0.1, -0.05) is 13.8 Å². The number of rotatable bonds is 5. The zero-order valence-electron chi connectivity index (χ0n) is 13.9. The number of ether oxygens (including phenoxy) is 1. The molecule has 0 aromatic rings. The number of hydrogen-bond acceptors (Lipinski definition) is 6. The van der Waals surface area contributed by atoms with Crippen LogP contribution in [0.5, 0.6) is 0 Å². The van der Waals surface area contributed by atoms with Gasteiger partial charge in [0.2, 0.25) is 0 Å². The Bertz CT molecular complexity index is 721. The van der Waals surface area contributed by atoms with E-state index in [9.17, 15) is 18.0 Å². The number of allylic oxidation sites excluding steroid dienone is 2. The maximum absolute atomic E-state index is 12.3. The van der Waals surface area contributed by atoms with E-state index in [2.05, 4.69) is 9.71 Å². The van der Waals surface area contributed by atoms with Crippen LogP contribution in [0.25, 0.3) is 0 Å². The molecule has 24 heavy (non-hydrogen) atoms. The van der Waals surface area contributed by atoms with Gasteiger partial charge in [-0.2, -0.15) is 0 Å². The topological polar surface area (TPSA) is 105 Å². The van der Waals surface area contributed by atoms with Crippen molar-refractivity contribution in [3.05, 3.63) is 23.9 Å². The number of amidine groups is 1. The van der Waals surface area contributed by atoms with Crippen molar-refractivity contribution in [1.82, 2.24) is 10.2 Å². The predicted octanol–water partition coefficient (Wildman–Crippen LogP) is 0.188. The molecule has 1 N–H and O–H groups in total. The largest absolute Gasteiger partial charge is 0.449 e. The molecule has 8 nitrogen and oxygen atoms in total. The van der Waals surface area contributed by atoms with E-state index in [1.165, 1.54) is 13.0 Å². The first-order chi connectivity index (χ1) is 11.2. The van der Waals surface area contributed by atoms with E-state index in [0.29, 0.717) is 6.54 Å². The van der Waals surface area contributed by atoms with Crippen LogP contribution in [0.2, 0.25) is 0 Å². The average Bonchev–Trinajstić information content (AvgIpc) is 2.50. The summed E-state index contributed by atoms with van der Waals surface area (Å²) < 4.78 is 32.1. The summed E-state index contributed by atoms with van der Waals surface area (Å²) in [4.78, 5) is 25.8. The SMILES string of the molecule is CC(C)CNC(=O)[C@@H](C)OC(=O)C1=CC=CN2CCS(=O)(=O)N=C12. The number of amides is 1. The minimum absolute atomic E-state index is 0.0179. The minimum atomic E-state index is -3.60. The molecule has 0 radical (unpaired) electrons. The third-order valence-corrected chi connectivity index (χ3v) is 4.56. The Kier molecular flexibility index (Phi) is 5.43. The van der Waals surface area contributed by atoms with Crippen LogP contribution in [0.4, 0.5) is 0 Å². The third kappa shape index (κ3) is 4.44. The number of sulfonamides is 1. The molecule has 1 amide bonds. The molecule has 0 aromatic carbocycles. The molecule has 0 unspecified atom stereocenters. The second kappa shape index (κ2) is 7.16. The normalized spacial score (nSPS) is 19.9. The molecule has 0 bridgehead atoms. The van der Waals surface area contributed by atoms with Crippen LogP contribution in [-0.4, -0.2) is 56.0 Å². The van der Waals surface area contributed by atoms with Gasteiger partial charge in [0.05, 0.1) is 5.75 Å². The molecular formula is C15H21N3O5S. The molecule has 0 aliphatic carbocycles. The van der Waals surface area contributed by atoms with Gasteiger partial charge >= 0.3 is 5.97 Å². The number of hydrogen-bond donors (Lipinski definition) is 1. The van der Waals surface area contributed by atoms with Crippen LogP contribution >= 0.6 is 0 Å². The fourth-order valence-corrected chi connectivity index (χ4v) is 3.09. The van der Waals surface area contributed by atoms with Crippen LogP contribution < -0.4 is 5.32 Å². The molecule has 1 atom stereocenters. The molecule has 0 spiro atoms. The monoisotopic (exact) mass is 355 g/mol. The van der Waals surface area contributed by atoms with Crippen molar-refractivity contribution in [2.75, 3.05) is 18.8 Å². The maximum Gasteiger partial charge on any atom is 0.342 e. The highest BCUT2D eigenvalue weighted by atomic mass is 32.2. The lowest BCUT2D eigenvalue weighted by Crippen LogP contribution is -2.42. The number of carbonyl (C=O) groups excluding carboxylic acids is 2. The number of nitrogens with one attached hydrogen (secondary N) is 1. The molecule has 0 saturated heterocycles. The van der Waals surface area contributed by atoms with Crippen LogP contribution in [0.3, 0.4) is 0 Å². The zero-order chi connectivity index (χ0) is 17.9.